The lowest BCUT2D eigenvalue weighted by atomic mass is 10.0. The van der Waals surface area contributed by atoms with Crippen molar-refractivity contribution in [3.8, 4) is 11.8 Å². The Bertz CT molecular complexity index is 651. The van der Waals surface area contributed by atoms with Crippen LogP contribution >= 0.6 is 0 Å². The molecule has 1 fully saturated rings. The second kappa shape index (κ2) is 7.66. The van der Waals surface area contributed by atoms with Gasteiger partial charge in [-0.15, -0.1) is 0 Å². The molecule has 1 aliphatic rings. The van der Waals surface area contributed by atoms with Crippen molar-refractivity contribution < 1.29 is 8.42 Å². The first kappa shape index (κ1) is 16.9. The molecule has 1 aromatic carbocycles. The van der Waals surface area contributed by atoms with Crippen molar-refractivity contribution in [2.24, 2.45) is 0 Å². The third-order valence-electron chi connectivity index (χ3n) is 3.96. The summed E-state index contributed by atoms with van der Waals surface area (Å²) < 4.78 is 27.0. The second-order valence-electron chi connectivity index (χ2n) is 5.84. The molecule has 4 nitrogen and oxygen atoms in total. The van der Waals surface area contributed by atoms with Crippen LogP contribution in [0.4, 0.5) is 5.69 Å². The van der Waals surface area contributed by atoms with Gasteiger partial charge in [0.1, 0.15) is 0 Å². The lowest BCUT2D eigenvalue weighted by molar-refractivity contribution is 0.479. The molecule has 5 heteroatoms. The maximum Gasteiger partial charge on any atom is 0.215 e. The van der Waals surface area contributed by atoms with E-state index in [0.29, 0.717) is 0 Å². The predicted molar refractivity (Wildman–Crippen MR) is 91.4 cm³/mol. The largest absolute Gasteiger partial charge is 0.377 e. The Morgan fingerprint density at radius 3 is 2.55 bits per heavy atom. The Hall–Kier alpha value is -1.51. The van der Waals surface area contributed by atoms with E-state index in [2.05, 4.69) is 16.6 Å². The van der Waals surface area contributed by atoms with Crippen molar-refractivity contribution in [1.82, 2.24) is 4.72 Å². The zero-order chi connectivity index (χ0) is 16.0. The number of hydrogen-bond acceptors (Lipinski definition) is 3. The number of benzene rings is 1. The number of anilines is 1. The van der Waals surface area contributed by atoms with Crippen LogP contribution in [-0.4, -0.2) is 34.3 Å². The molecular weight excluding hydrogens is 296 g/mol. The molecule has 2 rings (SSSR count). The minimum absolute atomic E-state index is 0.167. The molecule has 0 unspecified atom stereocenters. The van der Waals surface area contributed by atoms with E-state index in [4.69, 9.17) is 0 Å². The fraction of sp³-hybridized carbons (Fsp3) is 0.529. The first-order chi connectivity index (χ1) is 10.5. The zero-order valence-electron chi connectivity index (χ0n) is 13.3. The van der Waals surface area contributed by atoms with Crippen molar-refractivity contribution in [1.29, 1.82) is 0 Å². The number of para-hydroxylation sites is 1. The molecule has 0 atom stereocenters. The molecule has 0 spiro atoms. The highest BCUT2D eigenvalue weighted by Crippen LogP contribution is 2.22. The van der Waals surface area contributed by atoms with E-state index < -0.39 is 10.0 Å². The molecule has 0 amide bonds. The quantitative estimate of drug-likeness (QED) is 0.867. The SMILES string of the molecule is CN(C)c1ccccc1C#CCNS(=O)(=O)C1CCCCC1. The molecule has 0 radical (unpaired) electrons. The monoisotopic (exact) mass is 320 g/mol. The summed E-state index contributed by atoms with van der Waals surface area (Å²) in [4.78, 5) is 2.00. The maximum atomic E-state index is 12.2. The normalized spacial score (nSPS) is 15.9. The van der Waals surface area contributed by atoms with Gasteiger partial charge in [0.15, 0.2) is 0 Å². The van der Waals surface area contributed by atoms with Crippen LogP contribution in [0.25, 0.3) is 0 Å². The topological polar surface area (TPSA) is 49.4 Å². The van der Waals surface area contributed by atoms with Crippen LogP contribution in [0.5, 0.6) is 0 Å². The fourth-order valence-electron chi connectivity index (χ4n) is 2.74. The average Bonchev–Trinajstić information content (AvgIpc) is 2.53. The van der Waals surface area contributed by atoms with Crippen LogP contribution in [0.1, 0.15) is 37.7 Å². The third-order valence-corrected chi connectivity index (χ3v) is 5.86. The molecule has 0 saturated heterocycles. The third kappa shape index (κ3) is 4.49. The summed E-state index contributed by atoms with van der Waals surface area (Å²) in [5.74, 6) is 5.98. The summed E-state index contributed by atoms with van der Waals surface area (Å²) in [6, 6.07) is 7.84. The van der Waals surface area contributed by atoms with E-state index >= 15 is 0 Å². The molecule has 0 aliphatic heterocycles. The Balaban J connectivity index is 1.97. The fourth-order valence-corrected chi connectivity index (χ4v) is 4.20. The maximum absolute atomic E-state index is 12.2. The summed E-state index contributed by atoms with van der Waals surface area (Å²) >= 11 is 0. The first-order valence-electron chi connectivity index (χ1n) is 7.74. The van der Waals surface area contributed by atoms with Crippen molar-refractivity contribution in [3.63, 3.8) is 0 Å². The summed E-state index contributed by atoms with van der Waals surface area (Å²) in [5.41, 5.74) is 1.94. The standard InChI is InChI=1S/C17H24N2O2S/c1-19(2)17-13-7-6-9-15(17)10-8-14-18-22(20,21)16-11-4-3-5-12-16/h6-7,9,13,16,18H,3-5,11-12,14H2,1-2H3. The van der Waals surface area contributed by atoms with Crippen LogP contribution in [0.15, 0.2) is 24.3 Å². The highest BCUT2D eigenvalue weighted by molar-refractivity contribution is 7.90. The summed E-state index contributed by atoms with van der Waals surface area (Å²) in [6.45, 7) is 0.167. The van der Waals surface area contributed by atoms with Crippen LogP contribution in [-0.2, 0) is 10.0 Å². The van der Waals surface area contributed by atoms with Crippen LogP contribution in [0.3, 0.4) is 0 Å². The Morgan fingerprint density at radius 2 is 1.86 bits per heavy atom. The molecule has 22 heavy (non-hydrogen) atoms. The van der Waals surface area contributed by atoms with Gasteiger partial charge in [-0.1, -0.05) is 43.2 Å². The van der Waals surface area contributed by atoms with E-state index in [9.17, 15) is 8.42 Å². The van der Waals surface area contributed by atoms with Gasteiger partial charge in [-0.25, -0.2) is 13.1 Å². The predicted octanol–water partition coefficient (Wildman–Crippen LogP) is 2.36. The molecule has 1 saturated carbocycles. The molecule has 0 heterocycles. The molecule has 1 aromatic rings. The van der Waals surface area contributed by atoms with Gasteiger partial charge in [0.2, 0.25) is 10.0 Å². The first-order valence-corrected chi connectivity index (χ1v) is 9.29. The smallest absolute Gasteiger partial charge is 0.215 e. The van der Waals surface area contributed by atoms with E-state index in [1.807, 2.05) is 43.3 Å². The number of nitrogens with zero attached hydrogens (tertiary/aromatic N) is 1. The van der Waals surface area contributed by atoms with Gasteiger partial charge in [-0.2, -0.15) is 0 Å². The number of rotatable bonds is 4. The molecule has 1 N–H and O–H groups in total. The van der Waals surface area contributed by atoms with Crippen LogP contribution < -0.4 is 9.62 Å². The summed E-state index contributed by atoms with van der Waals surface area (Å²) in [7, 11) is 0.702. The van der Waals surface area contributed by atoms with Crippen molar-refractivity contribution in [2.75, 3.05) is 25.5 Å². The van der Waals surface area contributed by atoms with Gasteiger partial charge in [0.05, 0.1) is 17.5 Å². The van der Waals surface area contributed by atoms with Gasteiger partial charge in [0.25, 0.3) is 0 Å². The zero-order valence-corrected chi connectivity index (χ0v) is 14.1. The molecule has 0 bridgehead atoms. The van der Waals surface area contributed by atoms with Gasteiger partial charge in [-0.3, -0.25) is 0 Å². The second-order valence-corrected chi connectivity index (χ2v) is 7.88. The Morgan fingerprint density at radius 1 is 1.18 bits per heavy atom. The van der Waals surface area contributed by atoms with Gasteiger partial charge in [-0.05, 0) is 25.0 Å². The van der Waals surface area contributed by atoms with Crippen LogP contribution in [0.2, 0.25) is 0 Å². The van der Waals surface area contributed by atoms with Gasteiger partial charge in [0, 0.05) is 19.7 Å². The Labute approximate surface area is 134 Å². The molecule has 1 aliphatic carbocycles. The number of hydrogen-bond donors (Lipinski definition) is 1. The van der Waals surface area contributed by atoms with E-state index in [1.54, 1.807) is 0 Å². The number of sulfonamides is 1. The molecule has 0 aromatic heterocycles. The van der Waals surface area contributed by atoms with Gasteiger partial charge < -0.3 is 4.90 Å². The van der Waals surface area contributed by atoms with Crippen molar-refractivity contribution >= 4 is 15.7 Å². The van der Waals surface area contributed by atoms with E-state index in [1.165, 1.54) is 0 Å². The average molecular weight is 320 g/mol. The minimum Gasteiger partial charge on any atom is -0.377 e. The van der Waals surface area contributed by atoms with Crippen molar-refractivity contribution in [3.05, 3.63) is 29.8 Å². The highest BCUT2D eigenvalue weighted by atomic mass is 32.2. The van der Waals surface area contributed by atoms with E-state index in [-0.39, 0.29) is 11.8 Å². The minimum atomic E-state index is -3.23. The highest BCUT2D eigenvalue weighted by Gasteiger charge is 2.26. The van der Waals surface area contributed by atoms with Crippen molar-refractivity contribution in [2.45, 2.75) is 37.4 Å². The van der Waals surface area contributed by atoms with E-state index in [0.717, 1.165) is 43.4 Å². The van der Waals surface area contributed by atoms with Crippen LogP contribution in [0, 0.1) is 11.8 Å². The Kier molecular flexibility index (Phi) is 5.87. The summed E-state index contributed by atoms with van der Waals surface area (Å²) in [5, 5.41) is -0.239. The lowest BCUT2D eigenvalue weighted by Gasteiger charge is -2.21. The molecule has 120 valence electrons. The number of nitrogens with one attached hydrogen (secondary N) is 1. The molecular formula is C17H24N2O2S. The summed E-state index contributed by atoms with van der Waals surface area (Å²) in [6.07, 6.45) is 4.70. The van der Waals surface area contributed by atoms with Gasteiger partial charge >= 0.3 is 0 Å². The lowest BCUT2D eigenvalue weighted by Crippen LogP contribution is -2.35.